The van der Waals surface area contributed by atoms with Crippen LogP contribution in [-0.2, 0) is 6.42 Å². The van der Waals surface area contributed by atoms with Crippen LogP contribution in [-0.4, -0.2) is 16.5 Å². The molecule has 3 heteroatoms. The second kappa shape index (κ2) is 5.45. The van der Waals surface area contributed by atoms with E-state index in [0.29, 0.717) is 5.78 Å². The van der Waals surface area contributed by atoms with Gasteiger partial charge in [-0.05, 0) is 49.1 Å². The minimum absolute atomic E-state index is 0.245. The van der Waals surface area contributed by atoms with Crippen LogP contribution < -0.4 is 0 Å². The predicted octanol–water partition coefficient (Wildman–Crippen LogP) is 4.65. The summed E-state index contributed by atoms with van der Waals surface area (Å²) in [5.74, 6) is 1.72. The number of aryl methyl sites for hydroxylation is 1. The maximum atomic E-state index is 12.7. The van der Waals surface area contributed by atoms with Crippen molar-refractivity contribution in [3.63, 3.8) is 0 Å². The molecule has 21 heavy (non-hydrogen) atoms. The lowest BCUT2D eigenvalue weighted by atomic mass is 9.83. The van der Waals surface area contributed by atoms with Gasteiger partial charge in [-0.25, -0.2) is 4.98 Å². The Hall–Kier alpha value is -1.35. The fourth-order valence-electron chi connectivity index (χ4n) is 3.52. The van der Waals surface area contributed by atoms with Gasteiger partial charge in [0.1, 0.15) is 0 Å². The average molecular weight is 297 g/mol. The molecule has 0 saturated heterocycles. The highest BCUT2D eigenvalue weighted by Crippen LogP contribution is 2.33. The molecule has 2 nitrogen and oxygen atoms in total. The molecule has 1 aromatic heterocycles. The molecule has 0 bridgehead atoms. The first-order valence-electron chi connectivity index (χ1n) is 7.92. The molecule has 2 aromatic rings. The van der Waals surface area contributed by atoms with Crippen molar-refractivity contribution in [3.05, 3.63) is 35.4 Å². The van der Waals surface area contributed by atoms with Crippen LogP contribution in [0.25, 0.3) is 10.9 Å². The minimum Gasteiger partial charge on any atom is -0.294 e. The molecule has 4 rings (SSSR count). The highest BCUT2D eigenvalue weighted by molar-refractivity contribution is 7.99. The second-order valence-electron chi connectivity index (χ2n) is 6.16. The van der Waals surface area contributed by atoms with E-state index in [2.05, 4.69) is 12.1 Å². The van der Waals surface area contributed by atoms with Crippen molar-refractivity contribution in [1.82, 2.24) is 4.98 Å². The van der Waals surface area contributed by atoms with E-state index in [1.807, 2.05) is 23.9 Å². The van der Waals surface area contributed by atoms with E-state index in [1.165, 1.54) is 29.9 Å². The van der Waals surface area contributed by atoms with Gasteiger partial charge in [0.05, 0.1) is 10.5 Å². The zero-order chi connectivity index (χ0) is 14.2. The van der Waals surface area contributed by atoms with Crippen molar-refractivity contribution in [2.24, 2.45) is 5.92 Å². The summed E-state index contributed by atoms with van der Waals surface area (Å²) in [6.07, 6.45) is 6.93. The Labute approximate surface area is 129 Å². The number of benzene rings is 1. The SMILES string of the molecule is O=C(c1ccc2nc3c(cc2c1)CCS3)C1CCCCC1. The standard InChI is InChI=1S/C18H19NOS/c20-17(12-4-2-1-3-5-12)13-6-7-16-15(10-13)11-14-8-9-21-18(14)19-16/h6-7,10-12H,1-5,8-9H2. The van der Waals surface area contributed by atoms with E-state index < -0.39 is 0 Å². The Balaban J connectivity index is 1.69. The number of pyridine rings is 1. The van der Waals surface area contributed by atoms with Crippen LogP contribution in [0.5, 0.6) is 0 Å². The number of aromatic nitrogens is 1. The Morgan fingerprint density at radius 2 is 2.00 bits per heavy atom. The van der Waals surface area contributed by atoms with Crippen LogP contribution in [0, 0.1) is 5.92 Å². The zero-order valence-electron chi connectivity index (χ0n) is 12.1. The lowest BCUT2D eigenvalue weighted by Crippen LogP contribution is -2.17. The number of nitrogens with zero attached hydrogens (tertiary/aromatic N) is 1. The molecule has 1 saturated carbocycles. The molecule has 2 heterocycles. The topological polar surface area (TPSA) is 30.0 Å². The molecule has 2 aliphatic rings. The summed E-state index contributed by atoms with van der Waals surface area (Å²) in [7, 11) is 0. The third-order valence-corrected chi connectivity index (χ3v) is 5.76. The summed E-state index contributed by atoms with van der Waals surface area (Å²) in [6, 6.07) is 8.28. The molecule has 1 aliphatic carbocycles. The Morgan fingerprint density at radius 3 is 2.86 bits per heavy atom. The molecule has 1 aromatic carbocycles. The van der Waals surface area contributed by atoms with Gasteiger partial charge in [-0.15, -0.1) is 11.8 Å². The van der Waals surface area contributed by atoms with Gasteiger partial charge >= 0.3 is 0 Å². The lowest BCUT2D eigenvalue weighted by Gasteiger charge is -2.20. The third-order valence-electron chi connectivity index (χ3n) is 4.72. The van der Waals surface area contributed by atoms with Crippen molar-refractivity contribution >= 4 is 28.4 Å². The molecular weight excluding hydrogens is 278 g/mol. The molecule has 0 unspecified atom stereocenters. The van der Waals surface area contributed by atoms with Crippen LogP contribution in [0.4, 0.5) is 0 Å². The fraction of sp³-hybridized carbons (Fsp3) is 0.444. The van der Waals surface area contributed by atoms with Crippen molar-refractivity contribution < 1.29 is 4.79 Å². The Kier molecular flexibility index (Phi) is 3.46. The van der Waals surface area contributed by atoms with E-state index in [0.717, 1.165) is 41.5 Å². The number of carbonyl (C=O) groups excluding carboxylic acids is 1. The number of rotatable bonds is 2. The van der Waals surface area contributed by atoms with Gasteiger partial charge in [0.25, 0.3) is 0 Å². The van der Waals surface area contributed by atoms with Crippen LogP contribution in [0.2, 0.25) is 0 Å². The van der Waals surface area contributed by atoms with Gasteiger partial charge in [0.2, 0.25) is 0 Å². The monoisotopic (exact) mass is 297 g/mol. The van der Waals surface area contributed by atoms with Gasteiger partial charge < -0.3 is 0 Å². The molecule has 0 atom stereocenters. The Bertz CT molecular complexity index is 704. The fourth-order valence-corrected chi connectivity index (χ4v) is 4.54. The molecule has 1 aliphatic heterocycles. The second-order valence-corrected chi connectivity index (χ2v) is 7.24. The molecule has 108 valence electrons. The number of ketones is 1. The number of carbonyl (C=O) groups is 1. The van der Waals surface area contributed by atoms with Crippen LogP contribution >= 0.6 is 11.8 Å². The van der Waals surface area contributed by atoms with Gasteiger partial charge in [-0.1, -0.05) is 19.3 Å². The highest BCUT2D eigenvalue weighted by atomic mass is 32.2. The summed E-state index contributed by atoms with van der Waals surface area (Å²) in [4.78, 5) is 17.4. The molecular formula is C18H19NOS. The van der Waals surface area contributed by atoms with Gasteiger partial charge in [0, 0.05) is 22.6 Å². The summed E-state index contributed by atoms with van der Waals surface area (Å²) in [5, 5.41) is 2.30. The van der Waals surface area contributed by atoms with E-state index in [4.69, 9.17) is 4.98 Å². The number of fused-ring (bicyclic) bond motifs is 2. The predicted molar refractivity (Wildman–Crippen MR) is 87.1 cm³/mol. The number of thioether (sulfide) groups is 1. The molecule has 0 N–H and O–H groups in total. The maximum Gasteiger partial charge on any atom is 0.165 e. The number of hydrogen-bond acceptors (Lipinski definition) is 3. The van der Waals surface area contributed by atoms with Crippen LogP contribution in [0.1, 0.15) is 48.0 Å². The largest absolute Gasteiger partial charge is 0.294 e. The van der Waals surface area contributed by atoms with E-state index >= 15 is 0 Å². The van der Waals surface area contributed by atoms with Crippen LogP contribution in [0.3, 0.4) is 0 Å². The lowest BCUT2D eigenvalue weighted by molar-refractivity contribution is 0.0889. The smallest absolute Gasteiger partial charge is 0.165 e. The van der Waals surface area contributed by atoms with Crippen molar-refractivity contribution in [2.75, 3.05) is 5.75 Å². The van der Waals surface area contributed by atoms with Crippen molar-refractivity contribution in [3.8, 4) is 0 Å². The Morgan fingerprint density at radius 1 is 1.14 bits per heavy atom. The molecule has 0 amide bonds. The normalized spacial score (nSPS) is 18.9. The molecule has 0 spiro atoms. The van der Waals surface area contributed by atoms with Crippen molar-refractivity contribution in [1.29, 1.82) is 0 Å². The maximum absolute atomic E-state index is 12.7. The minimum atomic E-state index is 0.245. The van der Waals surface area contributed by atoms with E-state index in [-0.39, 0.29) is 5.92 Å². The number of hydrogen-bond donors (Lipinski definition) is 0. The summed E-state index contributed by atoms with van der Waals surface area (Å²) in [5.41, 5.74) is 3.24. The zero-order valence-corrected chi connectivity index (χ0v) is 12.9. The molecule has 0 radical (unpaired) electrons. The molecule has 1 fully saturated rings. The number of Topliss-reactive ketones (excluding diaryl/α,β-unsaturated/α-hetero) is 1. The van der Waals surface area contributed by atoms with E-state index in [1.54, 1.807) is 0 Å². The first-order valence-corrected chi connectivity index (χ1v) is 8.90. The van der Waals surface area contributed by atoms with E-state index in [9.17, 15) is 4.79 Å². The average Bonchev–Trinajstić information content (AvgIpc) is 2.99. The van der Waals surface area contributed by atoms with Crippen molar-refractivity contribution in [2.45, 2.75) is 43.6 Å². The highest BCUT2D eigenvalue weighted by Gasteiger charge is 2.23. The van der Waals surface area contributed by atoms with Gasteiger partial charge in [0.15, 0.2) is 5.78 Å². The summed E-state index contributed by atoms with van der Waals surface area (Å²) >= 11 is 1.84. The van der Waals surface area contributed by atoms with Crippen LogP contribution in [0.15, 0.2) is 29.3 Å². The third kappa shape index (κ3) is 2.48. The first-order chi connectivity index (χ1) is 10.3. The summed E-state index contributed by atoms with van der Waals surface area (Å²) < 4.78 is 0. The first kappa shape index (κ1) is 13.3. The van der Waals surface area contributed by atoms with Gasteiger partial charge in [-0.2, -0.15) is 0 Å². The summed E-state index contributed by atoms with van der Waals surface area (Å²) in [6.45, 7) is 0. The quantitative estimate of drug-likeness (QED) is 0.756. The van der Waals surface area contributed by atoms with Gasteiger partial charge in [-0.3, -0.25) is 4.79 Å².